The number of fused-ring (bicyclic) bond motifs is 2. The molecular formula is C27H19BN3OPtS-3. The van der Waals surface area contributed by atoms with Crippen LogP contribution in [0.4, 0.5) is 5.69 Å². The van der Waals surface area contributed by atoms with Crippen molar-refractivity contribution in [3.8, 4) is 11.6 Å². The van der Waals surface area contributed by atoms with Gasteiger partial charge in [0.05, 0.1) is 0 Å². The SMILES string of the molecule is CN1C=CN(c2[c-]c(B3c4[c-]c(Oc5ccccn5)ccc4Sc4ccccc43)ccc2)[CH-]1.[Pt]. The van der Waals surface area contributed by atoms with Gasteiger partial charge in [-0.25, -0.2) is 4.98 Å². The third-order valence-corrected chi connectivity index (χ3v) is 6.83. The Kier molecular flexibility index (Phi) is 6.53. The van der Waals surface area contributed by atoms with Crippen molar-refractivity contribution in [3.05, 3.63) is 110 Å². The first-order chi connectivity index (χ1) is 16.2. The summed E-state index contributed by atoms with van der Waals surface area (Å²) in [5, 5.41) is 0. The van der Waals surface area contributed by atoms with Gasteiger partial charge in [0.2, 0.25) is 5.88 Å². The normalized spacial score (nSPS) is 13.9. The fourth-order valence-electron chi connectivity index (χ4n) is 4.16. The summed E-state index contributed by atoms with van der Waals surface area (Å²) in [4.78, 5) is 10.8. The quantitative estimate of drug-likeness (QED) is 0.221. The molecule has 4 aromatic rings. The Morgan fingerprint density at radius 3 is 2.62 bits per heavy atom. The van der Waals surface area contributed by atoms with Crippen LogP contribution in [-0.4, -0.2) is 23.6 Å². The van der Waals surface area contributed by atoms with Gasteiger partial charge < -0.3 is 14.5 Å². The zero-order valence-electron chi connectivity index (χ0n) is 18.3. The Morgan fingerprint density at radius 2 is 1.79 bits per heavy atom. The molecule has 1 aromatic heterocycles. The van der Waals surface area contributed by atoms with E-state index in [0.29, 0.717) is 11.6 Å². The number of hydrogen-bond donors (Lipinski definition) is 0. The van der Waals surface area contributed by atoms with Crippen molar-refractivity contribution in [3.63, 3.8) is 0 Å². The Bertz CT molecular complexity index is 1350. The molecule has 170 valence electrons. The van der Waals surface area contributed by atoms with Gasteiger partial charge in [-0.1, -0.05) is 29.7 Å². The predicted octanol–water partition coefficient (Wildman–Crippen LogP) is 3.79. The van der Waals surface area contributed by atoms with Gasteiger partial charge >= 0.3 is 0 Å². The van der Waals surface area contributed by atoms with Crippen molar-refractivity contribution in [1.82, 2.24) is 9.88 Å². The molecule has 0 fully saturated rings. The third kappa shape index (κ3) is 4.40. The Morgan fingerprint density at radius 1 is 0.912 bits per heavy atom. The van der Waals surface area contributed by atoms with E-state index in [9.17, 15) is 0 Å². The van der Waals surface area contributed by atoms with Crippen LogP contribution in [0, 0.1) is 18.8 Å². The molecule has 0 saturated carbocycles. The average molecular weight is 639 g/mol. The maximum absolute atomic E-state index is 6.02. The van der Waals surface area contributed by atoms with E-state index >= 15 is 0 Å². The molecule has 0 bridgehead atoms. The van der Waals surface area contributed by atoms with Crippen LogP contribution in [0.25, 0.3) is 0 Å². The molecule has 0 aliphatic carbocycles. The number of anilines is 1. The van der Waals surface area contributed by atoms with E-state index in [1.165, 1.54) is 15.3 Å². The topological polar surface area (TPSA) is 28.6 Å². The molecule has 0 spiro atoms. The first-order valence-electron chi connectivity index (χ1n) is 10.7. The van der Waals surface area contributed by atoms with Gasteiger partial charge in [-0.2, -0.15) is 59.7 Å². The summed E-state index contributed by atoms with van der Waals surface area (Å²) in [6.07, 6.45) is 5.79. The summed E-state index contributed by atoms with van der Waals surface area (Å²) in [6.45, 7) is 2.05. The van der Waals surface area contributed by atoms with Gasteiger partial charge in [0.1, 0.15) is 0 Å². The van der Waals surface area contributed by atoms with Crippen LogP contribution in [0.3, 0.4) is 0 Å². The predicted molar refractivity (Wildman–Crippen MR) is 134 cm³/mol. The Hall–Kier alpha value is -2.95. The minimum absolute atomic E-state index is 0. The molecule has 3 aromatic carbocycles. The Labute approximate surface area is 219 Å². The maximum Gasteiger partial charge on any atom is 0.216 e. The molecule has 0 radical (unpaired) electrons. The van der Waals surface area contributed by atoms with Crippen molar-refractivity contribution in [1.29, 1.82) is 0 Å². The molecule has 6 rings (SSSR count). The maximum atomic E-state index is 6.02. The molecule has 4 nitrogen and oxygen atoms in total. The second-order valence-electron chi connectivity index (χ2n) is 7.92. The third-order valence-electron chi connectivity index (χ3n) is 5.66. The number of hydrogen-bond acceptors (Lipinski definition) is 5. The molecule has 3 heterocycles. The molecule has 0 saturated heterocycles. The number of benzene rings is 3. The summed E-state index contributed by atoms with van der Waals surface area (Å²) in [5.41, 5.74) is 4.46. The molecule has 0 atom stereocenters. The van der Waals surface area contributed by atoms with E-state index in [-0.39, 0.29) is 27.8 Å². The van der Waals surface area contributed by atoms with Gasteiger partial charge in [-0.05, 0) is 36.5 Å². The zero-order chi connectivity index (χ0) is 22.2. The van der Waals surface area contributed by atoms with Gasteiger partial charge in [0, 0.05) is 39.1 Å². The first-order valence-corrected chi connectivity index (χ1v) is 11.5. The number of aromatic nitrogens is 1. The van der Waals surface area contributed by atoms with Gasteiger partial charge in [-0.3, -0.25) is 0 Å². The van der Waals surface area contributed by atoms with E-state index < -0.39 is 0 Å². The van der Waals surface area contributed by atoms with E-state index in [2.05, 4.69) is 70.5 Å². The molecule has 7 heteroatoms. The van der Waals surface area contributed by atoms with Crippen LogP contribution < -0.4 is 26.0 Å². The van der Waals surface area contributed by atoms with Crippen molar-refractivity contribution < 1.29 is 25.8 Å². The second kappa shape index (κ2) is 9.73. The fraction of sp³-hybridized carbons (Fsp3) is 0.0370. The molecule has 0 unspecified atom stereocenters. The van der Waals surface area contributed by atoms with E-state index in [1.54, 1.807) is 18.0 Å². The Balaban J connectivity index is 0.00000241. The van der Waals surface area contributed by atoms with Gasteiger partial charge in [0.25, 0.3) is 0 Å². The molecule has 0 N–H and O–H groups in total. The van der Waals surface area contributed by atoms with E-state index in [1.807, 2.05) is 55.3 Å². The smallest absolute Gasteiger partial charge is 0.216 e. The fourth-order valence-corrected chi connectivity index (χ4v) is 5.26. The summed E-state index contributed by atoms with van der Waals surface area (Å²) < 4.78 is 6.02. The minimum atomic E-state index is 0. The molecule has 2 aliphatic heterocycles. The summed E-state index contributed by atoms with van der Waals surface area (Å²) >= 11 is 1.77. The van der Waals surface area contributed by atoms with Crippen LogP contribution >= 0.6 is 11.8 Å². The zero-order valence-corrected chi connectivity index (χ0v) is 21.4. The van der Waals surface area contributed by atoms with Crippen molar-refractivity contribution >= 4 is 40.6 Å². The van der Waals surface area contributed by atoms with E-state index in [0.717, 1.165) is 16.6 Å². The molecule has 2 aliphatic rings. The van der Waals surface area contributed by atoms with Crippen LogP contribution in [0.1, 0.15) is 0 Å². The monoisotopic (exact) mass is 639 g/mol. The van der Waals surface area contributed by atoms with E-state index in [4.69, 9.17) is 4.74 Å². The van der Waals surface area contributed by atoms with Crippen LogP contribution in [0.2, 0.25) is 0 Å². The standard InChI is InChI=1S/C27H19BN3OS.Pt/c1-30-15-16-31(19-30)21-8-6-7-20(17-21)28-23-9-2-3-10-25(23)33-26-13-12-22(18-24(26)28)32-27-11-4-5-14-29-27;/h2-16,19H,1H3;/q-3;. The van der Waals surface area contributed by atoms with Crippen LogP contribution in [-0.2, 0) is 21.1 Å². The van der Waals surface area contributed by atoms with Crippen LogP contribution in [0.5, 0.6) is 11.6 Å². The molecule has 34 heavy (non-hydrogen) atoms. The summed E-state index contributed by atoms with van der Waals surface area (Å²) in [7, 11) is 2.02. The largest absolute Gasteiger partial charge is 0.510 e. The number of pyridine rings is 1. The van der Waals surface area contributed by atoms with Gasteiger partial charge in [0.15, 0.2) is 6.71 Å². The van der Waals surface area contributed by atoms with Crippen molar-refractivity contribution in [2.24, 2.45) is 0 Å². The molecular weight excluding hydrogens is 620 g/mol. The average Bonchev–Trinajstić information content (AvgIpc) is 3.30. The van der Waals surface area contributed by atoms with Crippen molar-refractivity contribution in [2.75, 3.05) is 11.9 Å². The summed E-state index contributed by atoms with van der Waals surface area (Å²) in [6, 6.07) is 31.8. The second-order valence-corrected chi connectivity index (χ2v) is 9.00. The number of rotatable bonds is 4. The van der Waals surface area contributed by atoms with Gasteiger partial charge in [-0.15, -0.1) is 22.7 Å². The first kappa shape index (κ1) is 22.8. The van der Waals surface area contributed by atoms with Crippen LogP contribution in [0.15, 0.2) is 101 Å². The number of nitrogens with zero attached hydrogens (tertiary/aromatic N) is 3. The minimum Gasteiger partial charge on any atom is -0.510 e. The summed E-state index contributed by atoms with van der Waals surface area (Å²) in [5.74, 6) is 1.22. The van der Waals surface area contributed by atoms with Crippen molar-refractivity contribution in [2.45, 2.75) is 9.79 Å². The number of ether oxygens (including phenoxy) is 1. The molecule has 0 amide bonds.